The molecule has 0 heterocycles. The first-order valence-corrected chi connectivity index (χ1v) is 9.13. The second-order valence-corrected chi connectivity index (χ2v) is 7.39. The zero-order valence-corrected chi connectivity index (χ0v) is 15.0. The van der Waals surface area contributed by atoms with Gasteiger partial charge in [-0.05, 0) is 51.4 Å². The van der Waals surface area contributed by atoms with E-state index in [1.807, 2.05) is 0 Å². The molecule has 2 aliphatic carbocycles. The highest BCUT2D eigenvalue weighted by Gasteiger charge is 2.42. The molecular weight excluding hydrogens is 304 g/mol. The summed E-state index contributed by atoms with van der Waals surface area (Å²) in [5, 5.41) is 0. The van der Waals surface area contributed by atoms with E-state index in [-0.39, 0.29) is 36.0 Å². The summed E-state index contributed by atoms with van der Waals surface area (Å²) in [4.78, 5) is 24.3. The normalized spacial score (nSPS) is 21.2. The van der Waals surface area contributed by atoms with Crippen LogP contribution in [0.5, 0.6) is 0 Å². The smallest absolute Gasteiger partial charge is 0.333 e. The van der Waals surface area contributed by atoms with Crippen molar-refractivity contribution in [3.63, 3.8) is 0 Å². The molecule has 0 aromatic heterocycles. The largest absolute Gasteiger partial charge is 0.455 e. The van der Waals surface area contributed by atoms with Crippen LogP contribution in [0, 0.1) is 11.8 Å². The predicted octanol–water partition coefficient (Wildman–Crippen LogP) is 4.34. The minimum absolute atomic E-state index is 0.261. The Labute approximate surface area is 145 Å². The van der Waals surface area contributed by atoms with Crippen molar-refractivity contribution in [2.24, 2.45) is 11.8 Å². The Morgan fingerprint density at radius 2 is 1.04 bits per heavy atom. The Hall–Kier alpha value is -1.58. The van der Waals surface area contributed by atoms with Crippen molar-refractivity contribution in [3.05, 3.63) is 24.3 Å². The first-order valence-electron chi connectivity index (χ1n) is 9.13. The Balaban J connectivity index is 2.23. The van der Waals surface area contributed by atoms with Crippen LogP contribution in [0.25, 0.3) is 0 Å². The molecule has 0 radical (unpaired) electrons. The Bertz CT molecular complexity index is 450. The van der Waals surface area contributed by atoms with E-state index in [0.29, 0.717) is 11.1 Å². The predicted molar refractivity (Wildman–Crippen MR) is 93.3 cm³/mol. The minimum atomic E-state index is -0.388. The van der Waals surface area contributed by atoms with Gasteiger partial charge >= 0.3 is 11.9 Å². The third kappa shape index (κ3) is 4.71. The molecule has 0 spiro atoms. The van der Waals surface area contributed by atoms with Gasteiger partial charge in [-0.1, -0.05) is 38.8 Å². The first-order chi connectivity index (χ1) is 11.4. The van der Waals surface area contributed by atoms with Gasteiger partial charge in [-0.25, -0.2) is 9.59 Å². The third-order valence-corrected chi connectivity index (χ3v) is 5.24. The molecule has 0 bridgehead atoms. The van der Waals surface area contributed by atoms with Crippen LogP contribution < -0.4 is 0 Å². The summed E-state index contributed by atoms with van der Waals surface area (Å²) < 4.78 is 11.6. The molecule has 24 heavy (non-hydrogen) atoms. The van der Waals surface area contributed by atoms with Crippen LogP contribution in [0.1, 0.15) is 65.2 Å². The SMILES string of the molecule is C=C(C)C(=O)OC(C1CCCC1)C(OC(=O)C(=C)C)C1CCCC1. The number of esters is 2. The molecule has 4 heteroatoms. The van der Waals surface area contributed by atoms with Gasteiger partial charge < -0.3 is 9.47 Å². The summed E-state index contributed by atoms with van der Waals surface area (Å²) in [6.07, 6.45) is 7.87. The van der Waals surface area contributed by atoms with Crippen molar-refractivity contribution >= 4 is 11.9 Å². The number of carbonyl (C=O) groups excluding carboxylic acids is 2. The molecule has 0 aliphatic heterocycles. The van der Waals surface area contributed by atoms with Crippen LogP contribution in [0.3, 0.4) is 0 Å². The third-order valence-electron chi connectivity index (χ3n) is 5.24. The van der Waals surface area contributed by atoms with Crippen LogP contribution in [0.4, 0.5) is 0 Å². The van der Waals surface area contributed by atoms with Crippen molar-refractivity contribution < 1.29 is 19.1 Å². The summed E-state index contributed by atoms with van der Waals surface area (Å²) >= 11 is 0. The maximum atomic E-state index is 12.2. The molecule has 0 amide bonds. The van der Waals surface area contributed by atoms with Crippen molar-refractivity contribution in [2.45, 2.75) is 77.4 Å². The maximum Gasteiger partial charge on any atom is 0.333 e. The van der Waals surface area contributed by atoms with Gasteiger partial charge in [0.05, 0.1) is 0 Å². The second-order valence-electron chi connectivity index (χ2n) is 7.39. The van der Waals surface area contributed by atoms with Crippen LogP contribution in [-0.2, 0) is 19.1 Å². The van der Waals surface area contributed by atoms with Gasteiger partial charge in [0.1, 0.15) is 12.2 Å². The number of hydrogen-bond donors (Lipinski definition) is 0. The molecule has 2 rings (SSSR count). The molecular formula is C20H30O4. The Kier molecular flexibility index (Phi) is 6.64. The van der Waals surface area contributed by atoms with Gasteiger partial charge in [-0.2, -0.15) is 0 Å². The fraction of sp³-hybridized carbons (Fsp3) is 0.700. The van der Waals surface area contributed by atoms with Crippen molar-refractivity contribution in [2.75, 3.05) is 0 Å². The van der Waals surface area contributed by atoms with E-state index in [9.17, 15) is 9.59 Å². The average Bonchev–Trinajstić information content (AvgIpc) is 3.22. The lowest BCUT2D eigenvalue weighted by Gasteiger charge is -2.34. The van der Waals surface area contributed by atoms with Crippen molar-refractivity contribution in [1.29, 1.82) is 0 Å². The molecule has 0 N–H and O–H groups in total. The molecule has 2 unspecified atom stereocenters. The molecule has 0 aromatic rings. The van der Waals surface area contributed by atoms with Crippen molar-refractivity contribution in [1.82, 2.24) is 0 Å². The van der Waals surface area contributed by atoms with Crippen LogP contribution in [0.2, 0.25) is 0 Å². The van der Waals surface area contributed by atoms with Gasteiger partial charge in [-0.3, -0.25) is 0 Å². The topological polar surface area (TPSA) is 52.6 Å². The number of ether oxygens (including phenoxy) is 2. The van der Waals surface area contributed by atoms with E-state index in [1.54, 1.807) is 13.8 Å². The van der Waals surface area contributed by atoms with Crippen LogP contribution >= 0.6 is 0 Å². The Morgan fingerprint density at radius 1 is 0.750 bits per heavy atom. The molecule has 0 saturated heterocycles. The van der Waals surface area contributed by atoms with Gasteiger partial charge in [-0.15, -0.1) is 0 Å². The van der Waals surface area contributed by atoms with Crippen LogP contribution in [-0.4, -0.2) is 24.1 Å². The summed E-state index contributed by atoms with van der Waals surface area (Å²) in [5.74, 6) is -0.254. The lowest BCUT2D eigenvalue weighted by atomic mass is 9.87. The van der Waals surface area contributed by atoms with E-state index in [2.05, 4.69) is 13.2 Å². The summed E-state index contributed by atoms with van der Waals surface area (Å²) in [7, 11) is 0. The van der Waals surface area contributed by atoms with E-state index >= 15 is 0 Å². The van der Waals surface area contributed by atoms with Gasteiger partial charge in [0, 0.05) is 11.1 Å². The van der Waals surface area contributed by atoms with Gasteiger partial charge in [0.25, 0.3) is 0 Å². The molecule has 2 fully saturated rings. The maximum absolute atomic E-state index is 12.2. The summed E-state index contributed by atoms with van der Waals surface area (Å²) in [6.45, 7) is 10.7. The van der Waals surface area contributed by atoms with Crippen LogP contribution in [0.15, 0.2) is 24.3 Å². The summed E-state index contributed by atoms with van der Waals surface area (Å²) in [6, 6.07) is 0. The standard InChI is InChI=1S/C20H30O4/c1-13(2)19(21)23-17(15-9-5-6-10-15)18(16-11-7-8-12-16)24-20(22)14(3)4/h15-18H,1,3,5-12H2,2,4H3. The highest BCUT2D eigenvalue weighted by Crippen LogP contribution is 2.38. The highest BCUT2D eigenvalue weighted by atomic mass is 16.6. The van der Waals surface area contributed by atoms with E-state index < -0.39 is 0 Å². The second kappa shape index (κ2) is 8.50. The average molecular weight is 334 g/mol. The zero-order valence-electron chi connectivity index (χ0n) is 15.0. The van der Waals surface area contributed by atoms with Crippen molar-refractivity contribution in [3.8, 4) is 0 Å². The molecule has 2 atom stereocenters. The van der Waals surface area contributed by atoms with E-state index in [1.165, 1.54) is 0 Å². The Morgan fingerprint density at radius 3 is 1.29 bits per heavy atom. The molecule has 0 aromatic carbocycles. The number of hydrogen-bond acceptors (Lipinski definition) is 4. The van der Waals surface area contributed by atoms with Gasteiger partial charge in [0.15, 0.2) is 0 Å². The quantitative estimate of drug-likeness (QED) is 0.513. The lowest BCUT2D eigenvalue weighted by molar-refractivity contribution is -0.172. The number of carbonyl (C=O) groups is 2. The first kappa shape index (κ1) is 18.8. The monoisotopic (exact) mass is 334 g/mol. The summed E-state index contributed by atoms with van der Waals surface area (Å²) in [5.41, 5.74) is 0.767. The lowest BCUT2D eigenvalue weighted by Crippen LogP contribution is -2.44. The van der Waals surface area contributed by atoms with E-state index in [0.717, 1.165) is 51.4 Å². The fourth-order valence-electron chi connectivity index (χ4n) is 3.88. The highest BCUT2D eigenvalue weighted by molar-refractivity contribution is 5.88. The molecule has 2 aliphatic rings. The zero-order chi connectivity index (χ0) is 17.7. The molecule has 4 nitrogen and oxygen atoms in total. The van der Waals surface area contributed by atoms with E-state index in [4.69, 9.17) is 9.47 Å². The number of rotatable bonds is 7. The molecule has 2 saturated carbocycles. The fourth-order valence-corrected chi connectivity index (χ4v) is 3.88. The minimum Gasteiger partial charge on any atom is -0.455 e. The van der Waals surface area contributed by atoms with Gasteiger partial charge in [0.2, 0.25) is 0 Å². The molecule has 134 valence electrons.